The second-order valence-electron chi connectivity index (χ2n) is 3.66. The standard InChI is InChI=1S/C4H11N.C4H12O2Si.C4H8/c1-2-3-4-5;1-3-5-7-6-4-2;1-2-4-3-1/h2-5H2,1H3;3-4,7H2,1-2H3;1-4H2. The Hall–Kier alpha value is 0.0969. The third-order valence-electron chi connectivity index (χ3n) is 2.13. The van der Waals surface area contributed by atoms with Gasteiger partial charge in [-0.3, -0.25) is 0 Å². The van der Waals surface area contributed by atoms with E-state index in [1.54, 1.807) is 0 Å². The quantitative estimate of drug-likeness (QED) is 0.580. The number of hydrogen-bond donors (Lipinski definition) is 1. The predicted octanol–water partition coefficient (Wildman–Crippen LogP) is 2.36. The largest absolute Gasteiger partial charge is 0.399 e. The van der Waals surface area contributed by atoms with Gasteiger partial charge >= 0.3 is 10.0 Å². The molecule has 0 unspecified atom stereocenters. The summed E-state index contributed by atoms with van der Waals surface area (Å²) in [5.74, 6) is 0. The summed E-state index contributed by atoms with van der Waals surface area (Å²) in [7, 11) is -0.589. The Morgan fingerprint density at radius 1 is 0.938 bits per heavy atom. The van der Waals surface area contributed by atoms with Crippen LogP contribution in [0.5, 0.6) is 0 Å². The van der Waals surface area contributed by atoms with E-state index in [0.717, 1.165) is 19.8 Å². The van der Waals surface area contributed by atoms with E-state index in [4.69, 9.17) is 14.6 Å². The Balaban J connectivity index is 0. The van der Waals surface area contributed by atoms with E-state index < -0.39 is 10.0 Å². The Labute approximate surface area is 104 Å². The summed E-state index contributed by atoms with van der Waals surface area (Å²) in [6.45, 7) is 8.53. The van der Waals surface area contributed by atoms with Gasteiger partial charge in [-0.2, -0.15) is 0 Å². The van der Waals surface area contributed by atoms with Gasteiger partial charge in [0, 0.05) is 13.2 Å². The van der Waals surface area contributed by atoms with E-state index >= 15 is 0 Å². The molecular formula is C12H31NO2Si. The molecule has 0 radical (unpaired) electrons. The van der Waals surface area contributed by atoms with Gasteiger partial charge in [0.15, 0.2) is 0 Å². The molecule has 1 aliphatic carbocycles. The van der Waals surface area contributed by atoms with Gasteiger partial charge in [0.25, 0.3) is 0 Å². The predicted molar refractivity (Wildman–Crippen MR) is 74.2 cm³/mol. The maximum absolute atomic E-state index is 5.14. The van der Waals surface area contributed by atoms with Gasteiger partial charge < -0.3 is 14.6 Å². The molecule has 2 N–H and O–H groups in total. The molecule has 1 rings (SSSR count). The van der Waals surface area contributed by atoms with Crippen molar-refractivity contribution in [3.05, 3.63) is 0 Å². The average Bonchev–Trinajstić information content (AvgIpc) is 2.18. The number of hydrogen-bond acceptors (Lipinski definition) is 3. The normalized spacial score (nSPS) is 12.8. The van der Waals surface area contributed by atoms with Crippen LogP contribution < -0.4 is 5.73 Å². The first kappa shape index (κ1) is 18.5. The summed E-state index contributed by atoms with van der Waals surface area (Å²) >= 11 is 0. The number of nitrogens with two attached hydrogens (primary N) is 1. The Morgan fingerprint density at radius 2 is 1.38 bits per heavy atom. The first-order valence-electron chi connectivity index (χ1n) is 6.68. The number of rotatable bonds is 6. The van der Waals surface area contributed by atoms with Crippen LogP contribution in [0.1, 0.15) is 59.3 Å². The van der Waals surface area contributed by atoms with Crippen molar-refractivity contribution in [1.29, 1.82) is 0 Å². The van der Waals surface area contributed by atoms with Crippen LogP contribution in [0.4, 0.5) is 0 Å². The SMILES string of the molecule is C1CCC1.CCCCN.CCO[SiH2]OCC. The minimum absolute atomic E-state index is 0.589. The molecule has 0 aromatic rings. The molecule has 0 atom stereocenters. The fourth-order valence-electron chi connectivity index (χ4n) is 0.680. The average molecular weight is 249 g/mol. The molecule has 0 aromatic heterocycles. The summed E-state index contributed by atoms with van der Waals surface area (Å²) in [5, 5.41) is 0. The fraction of sp³-hybridized carbons (Fsp3) is 1.00. The van der Waals surface area contributed by atoms with Crippen molar-refractivity contribution in [2.75, 3.05) is 19.8 Å². The van der Waals surface area contributed by atoms with Crippen LogP contribution in [-0.2, 0) is 8.85 Å². The third kappa shape index (κ3) is 23.7. The Morgan fingerprint density at radius 3 is 1.50 bits per heavy atom. The van der Waals surface area contributed by atoms with E-state index in [2.05, 4.69) is 6.92 Å². The summed E-state index contributed by atoms with van der Waals surface area (Å²) < 4.78 is 9.98. The zero-order valence-electron chi connectivity index (χ0n) is 11.5. The van der Waals surface area contributed by atoms with Gasteiger partial charge in [0.05, 0.1) is 0 Å². The van der Waals surface area contributed by atoms with E-state index in [1.165, 1.54) is 38.5 Å². The number of unbranched alkanes of at least 4 members (excludes halogenated alkanes) is 1. The first-order valence-corrected chi connectivity index (χ1v) is 7.84. The molecule has 0 spiro atoms. The maximum atomic E-state index is 5.14. The minimum Gasteiger partial charge on any atom is -0.399 e. The zero-order valence-corrected chi connectivity index (χ0v) is 12.9. The van der Waals surface area contributed by atoms with E-state index in [9.17, 15) is 0 Å². The van der Waals surface area contributed by atoms with Gasteiger partial charge in [-0.05, 0) is 26.8 Å². The van der Waals surface area contributed by atoms with Crippen LogP contribution in [0.3, 0.4) is 0 Å². The smallest absolute Gasteiger partial charge is 0.304 e. The molecular weight excluding hydrogens is 218 g/mol. The highest BCUT2D eigenvalue weighted by molar-refractivity contribution is 6.17. The molecule has 0 amide bonds. The Bertz CT molecular complexity index is 91.0. The topological polar surface area (TPSA) is 44.5 Å². The van der Waals surface area contributed by atoms with Crippen LogP contribution in [-0.4, -0.2) is 29.8 Å². The van der Waals surface area contributed by atoms with E-state index in [-0.39, 0.29) is 0 Å². The molecule has 0 aliphatic heterocycles. The molecule has 1 saturated carbocycles. The summed E-state index contributed by atoms with van der Waals surface area (Å²) in [6.07, 6.45) is 8.39. The second kappa shape index (κ2) is 20.5. The van der Waals surface area contributed by atoms with Crippen LogP contribution >= 0.6 is 0 Å². The zero-order chi connectivity index (χ0) is 12.5. The molecule has 16 heavy (non-hydrogen) atoms. The molecule has 1 aliphatic rings. The van der Waals surface area contributed by atoms with Crippen molar-refractivity contribution >= 4 is 10.0 Å². The van der Waals surface area contributed by atoms with Gasteiger partial charge in [0.1, 0.15) is 0 Å². The fourth-order valence-corrected chi connectivity index (χ4v) is 1.13. The van der Waals surface area contributed by atoms with Gasteiger partial charge in [-0.15, -0.1) is 0 Å². The molecule has 0 heterocycles. The van der Waals surface area contributed by atoms with Crippen molar-refractivity contribution in [2.45, 2.75) is 59.3 Å². The second-order valence-corrected chi connectivity index (χ2v) is 4.71. The van der Waals surface area contributed by atoms with Crippen molar-refractivity contribution < 1.29 is 8.85 Å². The lowest BCUT2D eigenvalue weighted by Crippen LogP contribution is -2.02. The molecule has 4 heteroatoms. The molecule has 100 valence electrons. The molecule has 0 aromatic carbocycles. The van der Waals surface area contributed by atoms with Crippen LogP contribution in [0, 0.1) is 0 Å². The van der Waals surface area contributed by atoms with Crippen molar-refractivity contribution in [3.8, 4) is 0 Å². The minimum atomic E-state index is -0.589. The lowest BCUT2D eigenvalue weighted by atomic mass is 10.0. The lowest BCUT2D eigenvalue weighted by Gasteiger charge is -2.05. The third-order valence-corrected chi connectivity index (χ3v) is 3.28. The highest BCUT2D eigenvalue weighted by Crippen LogP contribution is 2.15. The van der Waals surface area contributed by atoms with E-state index in [0.29, 0.717) is 0 Å². The first-order chi connectivity index (χ1) is 7.83. The van der Waals surface area contributed by atoms with Crippen LogP contribution in [0.2, 0.25) is 0 Å². The summed E-state index contributed by atoms with van der Waals surface area (Å²) in [5.41, 5.74) is 5.14. The molecule has 0 bridgehead atoms. The van der Waals surface area contributed by atoms with Crippen molar-refractivity contribution in [3.63, 3.8) is 0 Å². The van der Waals surface area contributed by atoms with Gasteiger partial charge in [0.2, 0.25) is 0 Å². The highest BCUT2D eigenvalue weighted by atomic mass is 28.3. The van der Waals surface area contributed by atoms with E-state index in [1.807, 2.05) is 13.8 Å². The van der Waals surface area contributed by atoms with Crippen LogP contribution in [0.15, 0.2) is 0 Å². The maximum Gasteiger partial charge on any atom is 0.304 e. The molecule has 1 fully saturated rings. The monoisotopic (exact) mass is 249 g/mol. The molecule has 0 saturated heterocycles. The summed E-state index contributed by atoms with van der Waals surface area (Å²) in [6, 6.07) is 0. The highest BCUT2D eigenvalue weighted by Gasteiger charge is 1.95. The van der Waals surface area contributed by atoms with Gasteiger partial charge in [-0.1, -0.05) is 39.0 Å². The summed E-state index contributed by atoms with van der Waals surface area (Å²) in [4.78, 5) is 0. The Kier molecular flexibility index (Phi) is 23.7. The van der Waals surface area contributed by atoms with Crippen LogP contribution in [0.25, 0.3) is 0 Å². The lowest BCUT2D eigenvalue weighted by molar-refractivity contribution is 0.240. The van der Waals surface area contributed by atoms with Crippen molar-refractivity contribution in [1.82, 2.24) is 0 Å². The van der Waals surface area contributed by atoms with Crippen molar-refractivity contribution in [2.24, 2.45) is 5.73 Å². The van der Waals surface area contributed by atoms with Gasteiger partial charge in [-0.25, -0.2) is 0 Å². The molecule has 3 nitrogen and oxygen atoms in total.